The SMILES string of the molecule is COc1cc(CO)cc(Oc2cccc(Cl)c2CCC2=NN=C(N)C2)c1. The van der Waals surface area contributed by atoms with Gasteiger partial charge in [0.2, 0.25) is 0 Å². The molecule has 2 aromatic rings. The van der Waals surface area contributed by atoms with Crippen molar-refractivity contribution in [3.8, 4) is 17.2 Å². The first-order valence-corrected chi connectivity index (χ1v) is 8.58. The van der Waals surface area contributed by atoms with E-state index >= 15 is 0 Å². The fourth-order valence-electron chi connectivity index (χ4n) is 2.73. The van der Waals surface area contributed by atoms with Crippen LogP contribution >= 0.6 is 11.6 Å². The van der Waals surface area contributed by atoms with Crippen LogP contribution in [0.4, 0.5) is 0 Å². The first-order chi connectivity index (χ1) is 12.6. The van der Waals surface area contributed by atoms with E-state index in [1.54, 1.807) is 25.3 Å². The molecule has 0 saturated heterocycles. The lowest BCUT2D eigenvalue weighted by Crippen LogP contribution is -2.12. The van der Waals surface area contributed by atoms with Crippen LogP contribution in [-0.4, -0.2) is 23.8 Å². The maximum Gasteiger partial charge on any atom is 0.132 e. The zero-order chi connectivity index (χ0) is 18.5. The second kappa shape index (κ2) is 8.21. The molecule has 3 rings (SSSR count). The predicted octanol–water partition coefficient (Wildman–Crippen LogP) is 3.68. The predicted molar refractivity (Wildman–Crippen MR) is 102 cm³/mol. The molecule has 1 aliphatic heterocycles. The summed E-state index contributed by atoms with van der Waals surface area (Å²) >= 11 is 6.39. The first-order valence-electron chi connectivity index (χ1n) is 8.21. The Morgan fingerprint density at radius 3 is 2.65 bits per heavy atom. The molecule has 0 aromatic heterocycles. The lowest BCUT2D eigenvalue weighted by Gasteiger charge is -2.14. The first kappa shape index (κ1) is 18.2. The largest absolute Gasteiger partial charge is 0.497 e. The standard InChI is InChI=1S/C19H20ClN3O3/c1-25-14-7-12(11-24)8-15(10-14)26-18-4-2-3-17(20)16(18)6-5-13-9-19(21)23-22-13/h2-4,7-8,10,24H,5-6,9,11H2,1H3,(H2,21,23). The van der Waals surface area contributed by atoms with E-state index in [9.17, 15) is 5.11 Å². The zero-order valence-electron chi connectivity index (χ0n) is 14.4. The highest BCUT2D eigenvalue weighted by atomic mass is 35.5. The number of halogens is 1. The van der Waals surface area contributed by atoms with Crippen LogP contribution in [0.15, 0.2) is 46.6 Å². The fraction of sp³-hybridized carbons (Fsp3) is 0.263. The van der Waals surface area contributed by atoms with Gasteiger partial charge >= 0.3 is 0 Å². The Morgan fingerprint density at radius 2 is 1.96 bits per heavy atom. The number of hydrogen-bond donors (Lipinski definition) is 2. The van der Waals surface area contributed by atoms with Gasteiger partial charge < -0.3 is 20.3 Å². The zero-order valence-corrected chi connectivity index (χ0v) is 15.2. The van der Waals surface area contributed by atoms with Crippen molar-refractivity contribution >= 4 is 23.1 Å². The molecule has 136 valence electrons. The quantitative estimate of drug-likeness (QED) is 0.774. The molecule has 0 saturated carbocycles. The minimum Gasteiger partial charge on any atom is -0.497 e. The number of methoxy groups -OCH3 is 1. The minimum atomic E-state index is -0.1000. The van der Waals surface area contributed by atoms with E-state index in [0.29, 0.717) is 52.9 Å². The van der Waals surface area contributed by atoms with Gasteiger partial charge in [0.05, 0.1) is 13.7 Å². The van der Waals surface area contributed by atoms with Gasteiger partial charge in [-0.15, -0.1) is 5.10 Å². The molecule has 0 aliphatic carbocycles. The summed E-state index contributed by atoms with van der Waals surface area (Å²) in [5.74, 6) is 2.37. The number of rotatable bonds is 7. The number of nitrogens with zero attached hydrogens (tertiary/aromatic N) is 2. The molecule has 0 radical (unpaired) electrons. The molecule has 0 amide bonds. The smallest absolute Gasteiger partial charge is 0.132 e. The van der Waals surface area contributed by atoms with E-state index in [1.165, 1.54) is 0 Å². The molecule has 0 bridgehead atoms. The third-order valence-corrected chi connectivity index (χ3v) is 4.38. The average molecular weight is 374 g/mol. The summed E-state index contributed by atoms with van der Waals surface area (Å²) in [6.45, 7) is -0.1000. The van der Waals surface area contributed by atoms with Crippen molar-refractivity contribution in [3.05, 3.63) is 52.5 Å². The molecule has 26 heavy (non-hydrogen) atoms. The molecule has 2 aromatic carbocycles. The maximum atomic E-state index is 9.41. The molecule has 0 unspecified atom stereocenters. The molecule has 1 heterocycles. The number of benzene rings is 2. The highest BCUT2D eigenvalue weighted by Gasteiger charge is 2.14. The number of hydrogen-bond acceptors (Lipinski definition) is 6. The number of aliphatic hydroxyl groups is 1. The molecular weight excluding hydrogens is 354 g/mol. The number of amidine groups is 1. The van der Waals surface area contributed by atoms with E-state index in [2.05, 4.69) is 10.2 Å². The summed E-state index contributed by atoms with van der Waals surface area (Å²) in [5.41, 5.74) is 8.18. The molecule has 0 atom stereocenters. The van der Waals surface area contributed by atoms with Gasteiger partial charge in [0.15, 0.2) is 0 Å². The normalized spacial score (nSPS) is 13.3. The van der Waals surface area contributed by atoms with Crippen LogP contribution in [0.2, 0.25) is 5.02 Å². The topological polar surface area (TPSA) is 89.4 Å². The van der Waals surface area contributed by atoms with Crippen molar-refractivity contribution in [3.63, 3.8) is 0 Å². The molecule has 6 nitrogen and oxygen atoms in total. The van der Waals surface area contributed by atoms with E-state index < -0.39 is 0 Å². The van der Waals surface area contributed by atoms with E-state index in [4.69, 9.17) is 26.8 Å². The summed E-state index contributed by atoms with van der Waals surface area (Å²) in [7, 11) is 1.57. The highest BCUT2D eigenvalue weighted by Crippen LogP contribution is 2.33. The van der Waals surface area contributed by atoms with Gasteiger partial charge in [-0.3, -0.25) is 0 Å². The Kier molecular flexibility index (Phi) is 5.75. The molecule has 3 N–H and O–H groups in total. The van der Waals surface area contributed by atoms with Gasteiger partial charge in [0, 0.05) is 28.8 Å². The summed E-state index contributed by atoms with van der Waals surface area (Å²) in [6, 6.07) is 10.8. The van der Waals surface area contributed by atoms with Crippen molar-refractivity contribution in [2.75, 3.05) is 7.11 Å². The van der Waals surface area contributed by atoms with Crippen LogP contribution in [0.5, 0.6) is 17.2 Å². The monoisotopic (exact) mass is 373 g/mol. The van der Waals surface area contributed by atoms with E-state index in [1.807, 2.05) is 18.2 Å². The Morgan fingerprint density at radius 1 is 1.15 bits per heavy atom. The number of ether oxygens (including phenoxy) is 2. The minimum absolute atomic E-state index is 0.1000. The molecule has 7 heteroatoms. The number of aliphatic hydroxyl groups excluding tert-OH is 1. The second-order valence-corrected chi connectivity index (χ2v) is 6.34. The van der Waals surface area contributed by atoms with Crippen molar-refractivity contribution in [1.29, 1.82) is 0 Å². The summed E-state index contributed by atoms with van der Waals surface area (Å²) in [5, 5.41) is 18.0. The highest BCUT2D eigenvalue weighted by molar-refractivity contribution is 6.31. The summed E-state index contributed by atoms with van der Waals surface area (Å²) in [6.07, 6.45) is 1.95. The van der Waals surface area contributed by atoms with Crippen molar-refractivity contribution in [2.45, 2.75) is 25.9 Å². The molecule has 1 aliphatic rings. The lowest BCUT2D eigenvalue weighted by molar-refractivity contribution is 0.280. The fourth-order valence-corrected chi connectivity index (χ4v) is 2.99. The maximum absolute atomic E-state index is 9.41. The van der Waals surface area contributed by atoms with Crippen LogP contribution < -0.4 is 15.2 Å². The van der Waals surface area contributed by atoms with Crippen LogP contribution in [0.1, 0.15) is 24.0 Å². The van der Waals surface area contributed by atoms with Gasteiger partial charge in [-0.25, -0.2) is 0 Å². The Balaban J connectivity index is 1.81. The van der Waals surface area contributed by atoms with Crippen molar-refractivity contribution in [2.24, 2.45) is 15.9 Å². The molecule has 0 fully saturated rings. The Labute approximate surface area is 156 Å². The molecule has 0 spiro atoms. The van der Waals surface area contributed by atoms with Crippen molar-refractivity contribution in [1.82, 2.24) is 0 Å². The van der Waals surface area contributed by atoms with Crippen molar-refractivity contribution < 1.29 is 14.6 Å². The van der Waals surface area contributed by atoms with Crippen LogP contribution in [-0.2, 0) is 13.0 Å². The van der Waals surface area contributed by atoms with Crippen LogP contribution in [0.25, 0.3) is 0 Å². The Hall–Kier alpha value is -2.57. The summed E-state index contributed by atoms with van der Waals surface area (Å²) < 4.78 is 11.3. The molecular formula is C19H20ClN3O3. The average Bonchev–Trinajstić information content (AvgIpc) is 3.06. The third kappa shape index (κ3) is 4.33. The second-order valence-electron chi connectivity index (χ2n) is 5.93. The van der Waals surface area contributed by atoms with E-state index in [-0.39, 0.29) is 6.61 Å². The third-order valence-electron chi connectivity index (χ3n) is 4.03. The van der Waals surface area contributed by atoms with Gasteiger partial charge in [0.25, 0.3) is 0 Å². The van der Waals surface area contributed by atoms with Crippen LogP contribution in [0.3, 0.4) is 0 Å². The van der Waals surface area contributed by atoms with Gasteiger partial charge in [0.1, 0.15) is 23.1 Å². The van der Waals surface area contributed by atoms with Gasteiger partial charge in [-0.05, 0) is 42.7 Å². The van der Waals surface area contributed by atoms with Gasteiger partial charge in [-0.1, -0.05) is 17.7 Å². The van der Waals surface area contributed by atoms with E-state index in [0.717, 1.165) is 11.3 Å². The lowest BCUT2D eigenvalue weighted by atomic mass is 10.0. The summed E-state index contributed by atoms with van der Waals surface area (Å²) in [4.78, 5) is 0. The van der Waals surface area contributed by atoms with Crippen LogP contribution in [0, 0.1) is 0 Å². The number of nitrogens with two attached hydrogens (primary N) is 1. The Bertz CT molecular complexity index is 843. The van der Waals surface area contributed by atoms with Gasteiger partial charge in [-0.2, -0.15) is 5.10 Å².